The van der Waals surface area contributed by atoms with Crippen LogP contribution in [0.5, 0.6) is 0 Å². The number of rotatable bonds is 7. The zero-order valence-electron chi connectivity index (χ0n) is 18.5. The molecule has 0 aliphatic carbocycles. The van der Waals surface area contributed by atoms with E-state index in [1.54, 1.807) is 17.0 Å². The van der Waals surface area contributed by atoms with Crippen molar-refractivity contribution < 1.29 is 17.6 Å². The molecule has 0 saturated carbocycles. The molecule has 34 heavy (non-hydrogen) atoms. The number of halogens is 2. The van der Waals surface area contributed by atoms with E-state index in [2.05, 4.69) is 4.90 Å². The minimum Gasteiger partial charge on any atom is -0.368 e. The topological polar surface area (TPSA) is 60.9 Å². The van der Waals surface area contributed by atoms with Crippen LogP contribution in [0.3, 0.4) is 0 Å². The standard InChI is InChI=1S/C25H25ClFN3O3S/c26-21-7-4-8-23(17-21)28-13-15-29(16-14-28)25(31)19-30(18-20-5-2-1-3-6-20)34(32,33)24-11-9-22(27)10-12-24/h1-12,17H,13-16,18-19H2. The molecule has 0 spiro atoms. The Labute approximate surface area is 204 Å². The van der Waals surface area contributed by atoms with Crippen molar-refractivity contribution in [3.05, 3.63) is 95.3 Å². The van der Waals surface area contributed by atoms with Gasteiger partial charge in [0.15, 0.2) is 0 Å². The molecule has 1 amide bonds. The third kappa shape index (κ3) is 5.75. The van der Waals surface area contributed by atoms with E-state index in [4.69, 9.17) is 11.6 Å². The number of nitrogens with zero attached hydrogens (tertiary/aromatic N) is 3. The van der Waals surface area contributed by atoms with E-state index in [1.807, 2.05) is 42.5 Å². The number of carbonyl (C=O) groups is 1. The minimum atomic E-state index is -4.01. The number of carbonyl (C=O) groups excluding carboxylic acids is 1. The smallest absolute Gasteiger partial charge is 0.243 e. The average Bonchev–Trinajstić information content (AvgIpc) is 2.84. The molecule has 9 heteroatoms. The highest BCUT2D eigenvalue weighted by Crippen LogP contribution is 2.22. The van der Waals surface area contributed by atoms with E-state index in [9.17, 15) is 17.6 Å². The van der Waals surface area contributed by atoms with Gasteiger partial charge in [0.2, 0.25) is 15.9 Å². The quantitative estimate of drug-likeness (QED) is 0.490. The molecule has 3 aromatic carbocycles. The lowest BCUT2D eigenvalue weighted by molar-refractivity contribution is -0.131. The number of sulfonamides is 1. The SMILES string of the molecule is O=C(CN(Cc1ccccc1)S(=O)(=O)c1ccc(F)cc1)N1CCN(c2cccc(Cl)c2)CC1. The van der Waals surface area contributed by atoms with Crippen LogP contribution in [-0.4, -0.2) is 56.3 Å². The van der Waals surface area contributed by atoms with Gasteiger partial charge in [-0.15, -0.1) is 0 Å². The average molecular weight is 502 g/mol. The first kappa shape index (κ1) is 24.2. The number of piperazine rings is 1. The molecule has 1 saturated heterocycles. The number of anilines is 1. The molecule has 0 atom stereocenters. The first-order valence-corrected chi connectivity index (χ1v) is 12.7. The van der Waals surface area contributed by atoms with Crippen molar-refractivity contribution in [3.8, 4) is 0 Å². The molecule has 1 heterocycles. The Morgan fingerprint density at radius 2 is 1.59 bits per heavy atom. The fourth-order valence-corrected chi connectivity index (χ4v) is 5.47. The van der Waals surface area contributed by atoms with Crippen LogP contribution in [0.25, 0.3) is 0 Å². The molecule has 178 valence electrons. The van der Waals surface area contributed by atoms with Gasteiger partial charge < -0.3 is 9.80 Å². The van der Waals surface area contributed by atoms with Crippen LogP contribution in [-0.2, 0) is 21.4 Å². The number of amides is 1. The first-order chi connectivity index (χ1) is 16.3. The summed E-state index contributed by atoms with van der Waals surface area (Å²) >= 11 is 6.09. The summed E-state index contributed by atoms with van der Waals surface area (Å²) in [5.41, 5.74) is 1.75. The lowest BCUT2D eigenvalue weighted by atomic mass is 10.2. The van der Waals surface area contributed by atoms with E-state index < -0.39 is 15.8 Å². The second-order valence-electron chi connectivity index (χ2n) is 8.06. The number of hydrogen-bond donors (Lipinski definition) is 0. The molecule has 0 radical (unpaired) electrons. The van der Waals surface area contributed by atoms with Crippen LogP contribution in [0.4, 0.5) is 10.1 Å². The predicted molar refractivity (Wildman–Crippen MR) is 131 cm³/mol. The Kier molecular flexibility index (Phi) is 7.50. The summed E-state index contributed by atoms with van der Waals surface area (Å²) in [4.78, 5) is 16.9. The highest BCUT2D eigenvalue weighted by atomic mass is 35.5. The molecule has 0 N–H and O–H groups in total. The molecule has 1 fully saturated rings. The molecule has 0 aromatic heterocycles. The van der Waals surface area contributed by atoms with Gasteiger partial charge >= 0.3 is 0 Å². The van der Waals surface area contributed by atoms with Crippen molar-refractivity contribution in [2.75, 3.05) is 37.6 Å². The van der Waals surface area contributed by atoms with E-state index >= 15 is 0 Å². The molecular formula is C25H25ClFN3O3S. The summed E-state index contributed by atoms with van der Waals surface area (Å²) in [5.74, 6) is -0.797. The molecular weight excluding hydrogens is 477 g/mol. The van der Waals surface area contributed by atoms with Crippen LogP contribution in [0.2, 0.25) is 5.02 Å². The first-order valence-electron chi connectivity index (χ1n) is 10.9. The van der Waals surface area contributed by atoms with Crippen molar-refractivity contribution in [3.63, 3.8) is 0 Å². The molecule has 3 aromatic rings. The monoisotopic (exact) mass is 501 g/mol. The van der Waals surface area contributed by atoms with E-state index in [0.29, 0.717) is 31.2 Å². The Morgan fingerprint density at radius 3 is 2.24 bits per heavy atom. The third-order valence-electron chi connectivity index (χ3n) is 5.77. The van der Waals surface area contributed by atoms with Gasteiger partial charge in [0, 0.05) is 43.4 Å². The zero-order chi connectivity index (χ0) is 24.1. The van der Waals surface area contributed by atoms with Crippen LogP contribution in [0.15, 0.2) is 83.8 Å². The van der Waals surface area contributed by atoms with Crippen molar-refractivity contribution in [2.45, 2.75) is 11.4 Å². The van der Waals surface area contributed by atoms with Gasteiger partial charge in [-0.05, 0) is 48.0 Å². The molecule has 1 aliphatic heterocycles. The van der Waals surface area contributed by atoms with Crippen LogP contribution in [0.1, 0.15) is 5.56 Å². The summed E-state index contributed by atoms with van der Waals surface area (Å²) < 4.78 is 41.2. The molecule has 0 bridgehead atoms. The van der Waals surface area contributed by atoms with Crippen LogP contribution < -0.4 is 4.90 Å². The molecule has 6 nitrogen and oxygen atoms in total. The van der Waals surface area contributed by atoms with E-state index in [0.717, 1.165) is 27.7 Å². The van der Waals surface area contributed by atoms with Gasteiger partial charge in [-0.3, -0.25) is 4.79 Å². The van der Waals surface area contributed by atoms with Crippen molar-refractivity contribution >= 4 is 33.2 Å². The van der Waals surface area contributed by atoms with Crippen LogP contribution in [0, 0.1) is 5.82 Å². The summed E-state index contributed by atoms with van der Waals surface area (Å²) in [7, 11) is -4.01. The molecule has 0 unspecified atom stereocenters. The summed E-state index contributed by atoms with van der Waals surface area (Å²) in [6, 6.07) is 21.3. The van der Waals surface area contributed by atoms with Crippen molar-refractivity contribution in [1.82, 2.24) is 9.21 Å². The largest absolute Gasteiger partial charge is 0.368 e. The Balaban J connectivity index is 1.48. The van der Waals surface area contributed by atoms with E-state index in [-0.39, 0.29) is 23.9 Å². The lowest BCUT2D eigenvalue weighted by Gasteiger charge is -2.37. The highest BCUT2D eigenvalue weighted by molar-refractivity contribution is 7.89. The maximum Gasteiger partial charge on any atom is 0.243 e. The van der Waals surface area contributed by atoms with Gasteiger partial charge in [-0.25, -0.2) is 12.8 Å². The Morgan fingerprint density at radius 1 is 0.912 bits per heavy atom. The second-order valence-corrected chi connectivity index (χ2v) is 10.4. The second kappa shape index (κ2) is 10.5. The predicted octanol–water partition coefficient (Wildman–Crippen LogP) is 4.02. The maximum absolute atomic E-state index is 13.4. The summed E-state index contributed by atoms with van der Waals surface area (Å²) in [6.45, 7) is 1.92. The van der Waals surface area contributed by atoms with Gasteiger partial charge in [-0.1, -0.05) is 48.0 Å². The highest BCUT2D eigenvalue weighted by Gasteiger charge is 2.30. The Hall–Kier alpha value is -2.94. The Bertz CT molecular complexity index is 1230. The van der Waals surface area contributed by atoms with E-state index in [1.165, 1.54) is 12.1 Å². The third-order valence-corrected chi connectivity index (χ3v) is 7.81. The van der Waals surface area contributed by atoms with Crippen LogP contribution >= 0.6 is 11.6 Å². The fraction of sp³-hybridized carbons (Fsp3) is 0.240. The van der Waals surface area contributed by atoms with Gasteiger partial charge in [0.05, 0.1) is 11.4 Å². The van der Waals surface area contributed by atoms with Gasteiger partial charge in [-0.2, -0.15) is 4.31 Å². The fourth-order valence-electron chi connectivity index (χ4n) is 3.91. The summed E-state index contributed by atoms with van der Waals surface area (Å²) in [6.07, 6.45) is 0. The van der Waals surface area contributed by atoms with Gasteiger partial charge in [0.1, 0.15) is 5.82 Å². The molecule has 4 rings (SSSR count). The maximum atomic E-state index is 13.4. The lowest BCUT2D eigenvalue weighted by Crippen LogP contribution is -2.51. The minimum absolute atomic E-state index is 0.0365. The van der Waals surface area contributed by atoms with Crippen molar-refractivity contribution in [2.24, 2.45) is 0 Å². The summed E-state index contributed by atoms with van der Waals surface area (Å²) in [5, 5.41) is 0.651. The number of hydrogen-bond acceptors (Lipinski definition) is 4. The zero-order valence-corrected chi connectivity index (χ0v) is 20.1. The normalized spacial score (nSPS) is 14.4. The van der Waals surface area contributed by atoms with Crippen molar-refractivity contribution in [1.29, 1.82) is 0 Å². The van der Waals surface area contributed by atoms with Gasteiger partial charge in [0.25, 0.3) is 0 Å². The number of benzene rings is 3. The molecule has 1 aliphatic rings.